The minimum atomic E-state index is -0.297. The molecule has 0 amide bonds. The van der Waals surface area contributed by atoms with Crippen LogP contribution in [0.1, 0.15) is 92.4 Å². The van der Waals surface area contributed by atoms with Gasteiger partial charge in [-0.15, -0.1) is 0 Å². The fourth-order valence-electron chi connectivity index (χ4n) is 6.48. The van der Waals surface area contributed by atoms with Crippen LogP contribution >= 0.6 is 0 Å². The molecule has 3 aliphatic rings. The maximum Gasteiger partial charge on any atom is 0.311 e. The third-order valence-corrected chi connectivity index (χ3v) is 9.22. The summed E-state index contributed by atoms with van der Waals surface area (Å²) in [6.45, 7) is 16.0. The number of rotatable bonds is 5. The van der Waals surface area contributed by atoms with Crippen LogP contribution in [0.15, 0.2) is 12.2 Å². The second-order valence-electron chi connectivity index (χ2n) is 10.9. The lowest BCUT2D eigenvalue weighted by atomic mass is 9.46. The first-order valence-electron chi connectivity index (χ1n) is 11.7. The van der Waals surface area contributed by atoms with Gasteiger partial charge in [0.15, 0.2) is 0 Å². The first kappa shape index (κ1) is 22.8. The van der Waals surface area contributed by atoms with Crippen LogP contribution in [-0.2, 0) is 19.3 Å². The van der Waals surface area contributed by atoms with Gasteiger partial charge < -0.3 is 4.74 Å². The Morgan fingerprint density at radius 3 is 2.55 bits per heavy atom. The lowest BCUT2D eigenvalue weighted by Gasteiger charge is -2.59. The molecule has 1 aliphatic heterocycles. The molecule has 3 fully saturated rings. The molecule has 0 spiro atoms. The van der Waals surface area contributed by atoms with Crippen LogP contribution in [-0.4, -0.2) is 24.8 Å². The molecule has 1 heterocycles. The SMILES string of the molecule is C=C1CCC[C@@H]2[C@@](C)(CC[C@]3(C)CC[C@@H]([C@@H](C)C(=O)OC)OO3)[C@H](C)CC[C@@]12C. The van der Waals surface area contributed by atoms with E-state index >= 15 is 0 Å². The van der Waals surface area contributed by atoms with Crippen molar-refractivity contribution in [3.05, 3.63) is 12.2 Å². The molecular formula is C25H42O4. The highest BCUT2D eigenvalue weighted by atomic mass is 17.2. The summed E-state index contributed by atoms with van der Waals surface area (Å²) in [6, 6.07) is 0. The number of fused-ring (bicyclic) bond motifs is 1. The van der Waals surface area contributed by atoms with Gasteiger partial charge in [0.2, 0.25) is 0 Å². The third kappa shape index (κ3) is 4.17. The summed E-state index contributed by atoms with van der Waals surface area (Å²) >= 11 is 0. The first-order valence-corrected chi connectivity index (χ1v) is 11.7. The molecule has 2 aliphatic carbocycles. The minimum absolute atomic E-state index is 0.218. The van der Waals surface area contributed by atoms with E-state index in [1.807, 2.05) is 6.92 Å². The summed E-state index contributed by atoms with van der Waals surface area (Å²) in [5, 5.41) is 0. The van der Waals surface area contributed by atoms with E-state index < -0.39 is 0 Å². The van der Waals surface area contributed by atoms with Gasteiger partial charge in [-0.3, -0.25) is 4.79 Å². The number of carbonyl (C=O) groups is 1. The first-order chi connectivity index (χ1) is 13.6. The maximum absolute atomic E-state index is 11.8. The summed E-state index contributed by atoms with van der Waals surface area (Å²) in [6.07, 6.45) is 10.1. The Morgan fingerprint density at radius 2 is 1.93 bits per heavy atom. The van der Waals surface area contributed by atoms with Crippen LogP contribution in [0, 0.1) is 28.6 Å². The van der Waals surface area contributed by atoms with Gasteiger partial charge in [-0.05, 0) is 94.3 Å². The topological polar surface area (TPSA) is 44.8 Å². The fraction of sp³-hybridized carbons (Fsp3) is 0.880. The van der Waals surface area contributed by atoms with Gasteiger partial charge >= 0.3 is 5.97 Å². The summed E-state index contributed by atoms with van der Waals surface area (Å²) in [7, 11) is 1.42. The van der Waals surface area contributed by atoms with Gasteiger partial charge in [-0.1, -0.05) is 32.9 Å². The molecule has 4 heteroatoms. The Bertz CT molecular complexity index is 620. The summed E-state index contributed by atoms with van der Waals surface area (Å²) in [5.74, 6) is 0.892. The number of hydrogen-bond acceptors (Lipinski definition) is 4. The monoisotopic (exact) mass is 406 g/mol. The van der Waals surface area contributed by atoms with Gasteiger partial charge in [0.1, 0.15) is 11.7 Å². The summed E-state index contributed by atoms with van der Waals surface area (Å²) in [5.41, 5.74) is 1.80. The molecule has 0 aromatic heterocycles. The van der Waals surface area contributed by atoms with Gasteiger partial charge in [0.25, 0.3) is 0 Å². The van der Waals surface area contributed by atoms with E-state index in [0.29, 0.717) is 22.7 Å². The van der Waals surface area contributed by atoms with Crippen molar-refractivity contribution < 1.29 is 19.3 Å². The lowest BCUT2D eigenvalue weighted by molar-refractivity contribution is -0.412. The second kappa shape index (κ2) is 8.34. The van der Waals surface area contributed by atoms with Crippen molar-refractivity contribution >= 4 is 5.97 Å². The van der Waals surface area contributed by atoms with E-state index in [1.54, 1.807) is 0 Å². The molecule has 166 valence electrons. The van der Waals surface area contributed by atoms with Crippen molar-refractivity contribution in [3.8, 4) is 0 Å². The third-order valence-electron chi connectivity index (χ3n) is 9.22. The average Bonchev–Trinajstić information content (AvgIpc) is 2.71. The van der Waals surface area contributed by atoms with Crippen LogP contribution in [0.2, 0.25) is 0 Å². The van der Waals surface area contributed by atoms with Crippen molar-refractivity contribution in [2.24, 2.45) is 28.6 Å². The zero-order valence-electron chi connectivity index (χ0n) is 19.5. The summed E-state index contributed by atoms with van der Waals surface area (Å²) < 4.78 is 4.86. The van der Waals surface area contributed by atoms with E-state index in [9.17, 15) is 4.79 Å². The van der Waals surface area contributed by atoms with Crippen LogP contribution < -0.4 is 0 Å². The molecule has 0 aromatic carbocycles. The smallest absolute Gasteiger partial charge is 0.311 e. The van der Waals surface area contributed by atoms with Gasteiger partial charge in [0, 0.05) is 0 Å². The molecule has 7 atom stereocenters. The number of methoxy groups -OCH3 is 1. The number of allylic oxidation sites excluding steroid dienone is 1. The van der Waals surface area contributed by atoms with Crippen molar-refractivity contribution in [1.82, 2.24) is 0 Å². The van der Waals surface area contributed by atoms with Gasteiger partial charge in [-0.2, -0.15) is 0 Å². The molecule has 0 unspecified atom stereocenters. The van der Waals surface area contributed by atoms with E-state index in [-0.39, 0.29) is 23.6 Å². The number of hydrogen-bond donors (Lipinski definition) is 0. The zero-order chi connectivity index (χ0) is 21.4. The number of carbonyl (C=O) groups excluding carboxylic acids is 1. The van der Waals surface area contributed by atoms with Crippen LogP contribution in [0.5, 0.6) is 0 Å². The van der Waals surface area contributed by atoms with Crippen LogP contribution in [0.3, 0.4) is 0 Å². The van der Waals surface area contributed by atoms with Gasteiger partial charge in [-0.25, -0.2) is 9.78 Å². The van der Waals surface area contributed by atoms with Crippen molar-refractivity contribution in [2.75, 3.05) is 7.11 Å². The molecule has 0 bridgehead atoms. The Kier molecular flexibility index (Phi) is 6.56. The normalized spacial score (nSPS) is 44.1. The molecular weight excluding hydrogens is 364 g/mol. The van der Waals surface area contributed by atoms with E-state index in [4.69, 9.17) is 14.5 Å². The Morgan fingerprint density at radius 1 is 1.21 bits per heavy atom. The van der Waals surface area contributed by atoms with Gasteiger partial charge in [0.05, 0.1) is 13.0 Å². The van der Waals surface area contributed by atoms with Crippen molar-refractivity contribution in [1.29, 1.82) is 0 Å². The van der Waals surface area contributed by atoms with Crippen molar-refractivity contribution in [2.45, 2.75) is 104 Å². The molecule has 4 nitrogen and oxygen atoms in total. The maximum atomic E-state index is 11.8. The fourth-order valence-corrected chi connectivity index (χ4v) is 6.48. The number of esters is 1. The predicted octanol–water partition coefficient (Wildman–Crippen LogP) is 6.24. The Labute approximate surface area is 177 Å². The standard InChI is InChI=1S/C25H42O4/c1-17-9-8-10-21-24(17,5)14-11-18(2)25(21,6)16-15-23(4)13-12-20(28-29-23)19(3)22(26)27-7/h18-21H,1,8-16H2,2-7H3/t18-,19-,20+,21+,23+,24+,25+/m1/s1. The molecule has 0 radical (unpaired) electrons. The minimum Gasteiger partial charge on any atom is -0.469 e. The molecule has 2 saturated carbocycles. The number of ether oxygens (including phenoxy) is 1. The largest absolute Gasteiger partial charge is 0.469 e. The Hall–Kier alpha value is -0.870. The molecule has 1 saturated heterocycles. The quantitative estimate of drug-likeness (QED) is 0.308. The Balaban J connectivity index is 1.65. The van der Waals surface area contributed by atoms with E-state index in [0.717, 1.165) is 25.7 Å². The highest BCUT2D eigenvalue weighted by Crippen LogP contribution is 2.63. The van der Waals surface area contributed by atoms with Crippen LogP contribution in [0.25, 0.3) is 0 Å². The highest BCUT2D eigenvalue weighted by molar-refractivity contribution is 5.72. The average molecular weight is 407 g/mol. The van der Waals surface area contributed by atoms with E-state index in [2.05, 4.69) is 34.3 Å². The lowest BCUT2D eigenvalue weighted by Crippen LogP contribution is -2.51. The molecule has 0 N–H and O–H groups in total. The predicted molar refractivity (Wildman–Crippen MR) is 115 cm³/mol. The highest BCUT2D eigenvalue weighted by Gasteiger charge is 2.54. The zero-order valence-corrected chi connectivity index (χ0v) is 19.5. The molecule has 3 rings (SSSR count). The van der Waals surface area contributed by atoms with E-state index in [1.165, 1.54) is 44.8 Å². The second-order valence-corrected chi connectivity index (χ2v) is 10.9. The molecule has 0 aromatic rings. The van der Waals surface area contributed by atoms with Crippen molar-refractivity contribution in [3.63, 3.8) is 0 Å². The van der Waals surface area contributed by atoms with Crippen LogP contribution in [0.4, 0.5) is 0 Å². The summed E-state index contributed by atoms with van der Waals surface area (Å²) in [4.78, 5) is 23.4. The molecule has 29 heavy (non-hydrogen) atoms.